The van der Waals surface area contributed by atoms with Crippen LogP contribution in [0.3, 0.4) is 0 Å². The summed E-state index contributed by atoms with van der Waals surface area (Å²) < 4.78 is 8.26. The minimum absolute atomic E-state index is 0.0606. The van der Waals surface area contributed by atoms with Crippen LogP contribution in [0.5, 0.6) is 5.75 Å². The summed E-state index contributed by atoms with van der Waals surface area (Å²) in [5.41, 5.74) is 3.38. The third kappa shape index (κ3) is 9.13. The summed E-state index contributed by atoms with van der Waals surface area (Å²) in [7, 11) is 0. The molecular weight excluding hydrogens is 434 g/mol. The van der Waals surface area contributed by atoms with Crippen molar-refractivity contribution < 1.29 is 9.53 Å². The molecule has 182 valence electrons. The zero-order chi connectivity index (χ0) is 24.7. The lowest BCUT2D eigenvalue weighted by Gasteiger charge is -2.08. The van der Waals surface area contributed by atoms with Crippen molar-refractivity contribution in [3.63, 3.8) is 0 Å². The van der Waals surface area contributed by atoms with Gasteiger partial charge in [0.05, 0.1) is 0 Å². The van der Waals surface area contributed by atoms with Crippen LogP contribution in [0.25, 0.3) is 10.9 Å². The summed E-state index contributed by atoms with van der Waals surface area (Å²) in [5, 5.41) is 4.14. The number of allylic oxidation sites excluding steroid dienone is 4. The number of benzene rings is 2. The number of aryl methyl sites for hydroxylation is 1. The highest BCUT2D eigenvalue weighted by Crippen LogP contribution is 2.23. The molecular formula is C30H35N3O2. The summed E-state index contributed by atoms with van der Waals surface area (Å²) in [4.78, 5) is 15.5. The van der Waals surface area contributed by atoms with Crippen LogP contribution in [0.2, 0.25) is 0 Å². The molecule has 0 spiro atoms. The van der Waals surface area contributed by atoms with Crippen molar-refractivity contribution in [2.45, 2.75) is 45.8 Å². The van der Waals surface area contributed by atoms with Gasteiger partial charge in [0.1, 0.15) is 12.4 Å². The summed E-state index contributed by atoms with van der Waals surface area (Å²) >= 11 is 0. The van der Waals surface area contributed by atoms with Gasteiger partial charge in [0.25, 0.3) is 0 Å². The van der Waals surface area contributed by atoms with Gasteiger partial charge in [0.2, 0.25) is 5.91 Å². The SMILES string of the molecule is C=N\C=C/C=C(C)/C=C/C(=O)NCCCCCCn1ccc2cc(OCc3ccccc3)ccc21. The summed E-state index contributed by atoms with van der Waals surface area (Å²) in [6.07, 6.45) is 15.1. The Labute approximate surface area is 208 Å². The lowest BCUT2D eigenvalue weighted by molar-refractivity contribution is -0.116. The fraction of sp³-hybridized carbons (Fsp3) is 0.267. The van der Waals surface area contributed by atoms with Crippen LogP contribution in [0.15, 0.2) is 102 Å². The number of hydrogen-bond donors (Lipinski definition) is 1. The molecule has 3 rings (SSSR count). The van der Waals surface area contributed by atoms with Crippen LogP contribution < -0.4 is 10.1 Å². The van der Waals surface area contributed by atoms with E-state index in [9.17, 15) is 4.79 Å². The predicted octanol–water partition coefficient (Wildman–Crippen LogP) is 6.61. The van der Waals surface area contributed by atoms with E-state index in [2.05, 4.69) is 58.1 Å². The number of nitrogens with zero attached hydrogens (tertiary/aromatic N) is 2. The summed E-state index contributed by atoms with van der Waals surface area (Å²) in [6.45, 7) is 7.58. The van der Waals surface area contributed by atoms with Crippen LogP contribution in [0, 0.1) is 0 Å². The van der Waals surface area contributed by atoms with Gasteiger partial charge in [-0.1, -0.05) is 60.9 Å². The molecule has 35 heavy (non-hydrogen) atoms. The van der Waals surface area contributed by atoms with Gasteiger partial charge in [-0.15, -0.1) is 0 Å². The Balaban J connectivity index is 1.32. The maximum Gasteiger partial charge on any atom is 0.243 e. The van der Waals surface area contributed by atoms with Crippen LogP contribution >= 0.6 is 0 Å². The molecule has 0 atom stereocenters. The molecule has 5 nitrogen and oxygen atoms in total. The van der Waals surface area contributed by atoms with Crippen molar-refractivity contribution in [3.8, 4) is 5.75 Å². The minimum Gasteiger partial charge on any atom is -0.489 e. The zero-order valence-corrected chi connectivity index (χ0v) is 20.5. The van der Waals surface area contributed by atoms with Gasteiger partial charge in [-0.3, -0.25) is 9.79 Å². The number of nitrogens with one attached hydrogen (secondary N) is 1. The number of rotatable bonds is 14. The number of hydrogen-bond acceptors (Lipinski definition) is 3. The quantitative estimate of drug-likeness (QED) is 0.125. The third-order valence-corrected chi connectivity index (χ3v) is 5.66. The van der Waals surface area contributed by atoms with E-state index in [-0.39, 0.29) is 5.91 Å². The summed E-state index contributed by atoms with van der Waals surface area (Å²) in [5.74, 6) is 0.832. The third-order valence-electron chi connectivity index (χ3n) is 5.66. The van der Waals surface area contributed by atoms with E-state index in [4.69, 9.17) is 4.74 Å². The number of carbonyl (C=O) groups excluding carboxylic acids is 1. The van der Waals surface area contributed by atoms with Crippen LogP contribution in [0.1, 0.15) is 38.2 Å². The number of aliphatic imine (C=N–C) groups is 1. The standard InChI is InChI=1S/C30H35N3O2/c1-25(11-10-19-31-2)14-17-30(34)32-20-8-3-4-9-21-33-22-18-27-23-28(15-16-29(27)33)35-24-26-12-6-5-7-13-26/h5-7,10-19,22-23H,2-4,8-9,20-21,24H2,1H3,(H,32,34)/b17-14+,19-10-,25-11+. The Morgan fingerprint density at radius 2 is 1.89 bits per heavy atom. The van der Waals surface area contributed by atoms with E-state index in [0.717, 1.165) is 43.6 Å². The Bertz CT molecular complexity index is 1170. The minimum atomic E-state index is -0.0606. The van der Waals surface area contributed by atoms with E-state index in [0.29, 0.717) is 13.2 Å². The Kier molecular flexibility index (Phi) is 10.6. The number of unbranched alkanes of at least 4 members (excludes halogenated alkanes) is 3. The van der Waals surface area contributed by atoms with Gasteiger partial charge in [-0.05, 0) is 62.4 Å². The number of aromatic nitrogens is 1. The molecule has 0 saturated carbocycles. The van der Waals surface area contributed by atoms with Crippen molar-refractivity contribution in [2.24, 2.45) is 4.99 Å². The van der Waals surface area contributed by atoms with Gasteiger partial charge in [0, 0.05) is 42.5 Å². The Hall–Kier alpha value is -3.86. The molecule has 0 unspecified atom stereocenters. The van der Waals surface area contributed by atoms with Gasteiger partial charge in [0.15, 0.2) is 0 Å². The molecule has 1 heterocycles. The number of carbonyl (C=O) groups is 1. The van der Waals surface area contributed by atoms with Crippen LogP contribution in [-0.4, -0.2) is 23.7 Å². The molecule has 0 saturated heterocycles. The van der Waals surface area contributed by atoms with Gasteiger partial charge in [-0.2, -0.15) is 0 Å². The molecule has 1 amide bonds. The van der Waals surface area contributed by atoms with Crippen molar-refractivity contribution in [2.75, 3.05) is 6.54 Å². The normalized spacial score (nSPS) is 12.0. The smallest absolute Gasteiger partial charge is 0.243 e. The largest absolute Gasteiger partial charge is 0.489 e. The van der Waals surface area contributed by atoms with E-state index in [1.165, 1.54) is 16.5 Å². The molecule has 0 fully saturated rings. The van der Waals surface area contributed by atoms with E-state index in [1.807, 2.05) is 37.3 Å². The van der Waals surface area contributed by atoms with Crippen molar-refractivity contribution in [1.82, 2.24) is 9.88 Å². The molecule has 3 aromatic rings. The van der Waals surface area contributed by atoms with Gasteiger partial charge < -0.3 is 14.6 Å². The average Bonchev–Trinajstić information content (AvgIpc) is 3.28. The second-order valence-corrected chi connectivity index (χ2v) is 8.48. The fourth-order valence-corrected chi connectivity index (χ4v) is 3.75. The predicted molar refractivity (Wildman–Crippen MR) is 146 cm³/mol. The lowest BCUT2D eigenvalue weighted by atomic mass is 10.2. The Morgan fingerprint density at radius 3 is 2.71 bits per heavy atom. The van der Waals surface area contributed by atoms with Crippen molar-refractivity contribution in [3.05, 3.63) is 102 Å². The highest BCUT2D eigenvalue weighted by atomic mass is 16.5. The molecule has 1 aromatic heterocycles. The van der Waals surface area contributed by atoms with Gasteiger partial charge >= 0.3 is 0 Å². The molecule has 0 bridgehead atoms. The molecule has 1 N–H and O–H groups in total. The Morgan fingerprint density at radius 1 is 1.06 bits per heavy atom. The monoisotopic (exact) mass is 469 g/mol. The number of ether oxygens (including phenoxy) is 1. The fourth-order valence-electron chi connectivity index (χ4n) is 3.75. The van der Waals surface area contributed by atoms with E-state index in [1.54, 1.807) is 24.4 Å². The second kappa shape index (κ2) is 14.4. The molecule has 0 aliphatic heterocycles. The lowest BCUT2D eigenvalue weighted by Crippen LogP contribution is -2.22. The van der Waals surface area contributed by atoms with Crippen molar-refractivity contribution in [1.29, 1.82) is 0 Å². The van der Waals surface area contributed by atoms with E-state index >= 15 is 0 Å². The molecule has 0 aliphatic carbocycles. The maximum absolute atomic E-state index is 11.9. The second-order valence-electron chi connectivity index (χ2n) is 8.48. The zero-order valence-electron chi connectivity index (χ0n) is 20.5. The first kappa shape index (κ1) is 25.8. The van der Waals surface area contributed by atoms with Gasteiger partial charge in [-0.25, -0.2) is 0 Å². The number of amides is 1. The maximum atomic E-state index is 11.9. The highest BCUT2D eigenvalue weighted by Gasteiger charge is 2.04. The molecule has 5 heteroatoms. The molecule has 2 aromatic carbocycles. The average molecular weight is 470 g/mol. The topological polar surface area (TPSA) is 55.6 Å². The molecule has 0 radical (unpaired) electrons. The first-order valence-corrected chi connectivity index (χ1v) is 12.2. The number of fused-ring (bicyclic) bond motifs is 1. The van der Waals surface area contributed by atoms with Crippen molar-refractivity contribution >= 4 is 23.5 Å². The first-order chi connectivity index (χ1) is 17.2. The molecule has 0 aliphatic rings. The first-order valence-electron chi connectivity index (χ1n) is 12.2. The highest BCUT2D eigenvalue weighted by molar-refractivity contribution is 5.87. The van der Waals surface area contributed by atoms with Crippen LogP contribution in [0.4, 0.5) is 0 Å². The summed E-state index contributed by atoms with van der Waals surface area (Å²) in [6, 6.07) is 18.7. The van der Waals surface area contributed by atoms with Crippen LogP contribution in [-0.2, 0) is 17.9 Å². The van der Waals surface area contributed by atoms with E-state index < -0.39 is 0 Å².